The molecule has 0 fully saturated rings. The summed E-state index contributed by atoms with van der Waals surface area (Å²) < 4.78 is 65.4. The maximum Gasteiger partial charge on any atom is 0.596 e. The quantitative estimate of drug-likeness (QED) is 0.495. The van der Waals surface area contributed by atoms with E-state index in [2.05, 4.69) is 22.0 Å². The van der Waals surface area contributed by atoms with E-state index in [0.717, 1.165) is 0 Å². The van der Waals surface area contributed by atoms with Crippen LogP contribution in [0.5, 0.6) is 11.5 Å². The minimum atomic E-state index is -5.73. The van der Waals surface area contributed by atoms with Gasteiger partial charge in [-0.15, -0.1) is 0 Å². The van der Waals surface area contributed by atoms with E-state index >= 15 is 0 Å². The smallest absolute Gasteiger partial charge is 0.391 e. The minimum Gasteiger partial charge on any atom is -0.391 e. The first-order valence-corrected chi connectivity index (χ1v) is 11.2. The van der Waals surface area contributed by atoms with E-state index in [1.165, 1.54) is 24.3 Å². The predicted molar refractivity (Wildman–Crippen MR) is 70.3 cm³/mol. The molecule has 0 aliphatic carbocycles. The van der Waals surface area contributed by atoms with Crippen molar-refractivity contribution in [3.8, 4) is 11.5 Å². The van der Waals surface area contributed by atoms with E-state index in [9.17, 15) is 23.2 Å². The van der Waals surface area contributed by atoms with Gasteiger partial charge in [-0.25, -0.2) is 18.3 Å². The third-order valence-electron chi connectivity index (χ3n) is 1.89. The van der Waals surface area contributed by atoms with Gasteiger partial charge in [-0.2, -0.15) is 12.9 Å². The lowest BCUT2D eigenvalue weighted by Gasteiger charge is -2.17. The molecule has 4 N–H and O–H groups in total. The fraction of sp³-hybridized carbons (Fsp3) is 0. The zero-order chi connectivity index (χ0) is 17.5. The van der Waals surface area contributed by atoms with Crippen molar-refractivity contribution in [3.05, 3.63) is 24.3 Å². The first-order valence-electron chi connectivity index (χ1n) is 5.23. The van der Waals surface area contributed by atoms with Gasteiger partial charge in [-0.05, 0) is 12.1 Å². The molecular weight excluding hydrogens is 404 g/mol. The first kappa shape index (κ1) is 18.8. The molecule has 1 heterocycles. The van der Waals surface area contributed by atoms with Crippen LogP contribution in [0.25, 0.3) is 0 Å². The molecule has 1 aliphatic heterocycles. The highest BCUT2D eigenvalue weighted by Gasteiger charge is 2.50. The van der Waals surface area contributed by atoms with Gasteiger partial charge in [-0.1, -0.05) is 12.1 Å². The second kappa shape index (κ2) is 6.07. The molecule has 1 aliphatic rings. The molecule has 13 nitrogen and oxygen atoms in total. The van der Waals surface area contributed by atoms with E-state index in [4.69, 9.17) is 14.7 Å². The number of benzene rings is 1. The summed E-state index contributed by atoms with van der Waals surface area (Å²) in [6, 6.07) is 5.50. The van der Waals surface area contributed by atoms with Gasteiger partial charge in [0, 0.05) is 0 Å². The monoisotopic (exact) mass is 412 g/mol. The summed E-state index contributed by atoms with van der Waals surface area (Å²) >= 11 is 0. The second-order valence-electron chi connectivity index (χ2n) is 3.75. The highest BCUT2D eigenvalue weighted by molar-refractivity contribution is 7.69. The van der Waals surface area contributed by atoms with Crippen molar-refractivity contribution in [2.24, 2.45) is 0 Å². The van der Waals surface area contributed by atoms with Crippen LogP contribution in [-0.4, -0.2) is 19.6 Å². The molecule has 23 heavy (non-hydrogen) atoms. The molecule has 0 radical (unpaired) electrons. The summed E-state index contributed by atoms with van der Waals surface area (Å²) in [6.45, 7) is 0. The Balaban J connectivity index is 2.11. The SMILES string of the molecule is O=P(O)(O)OP(=O)(O)OP(=O)(O)OP1(=O)Oc2ccccc2O1. The molecule has 0 saturated carbocycles. The van der Waals surface area contributed by atoms with Gasteiger partial charge >= 0.3 is 31.3 Å². The molecule has 17 heteroatoms. The minimum absolute atomic E-state index is 0.102. The van der Waals surface area contributed by atoms with E-state index in [-0.39, 0.29) is 11.5 Å². The highest BCUT2D eigenvalue weighted by atomic mass is 31.3. The fourth-order valence-corrected chi connectivity index (χ4v) is 6.31. The average molecular weight is 412 g/mol. The van der Waals surface area contributed by atoms with Crippen molar-refractivity contribution < 1.29 is 59.8 Å². The third kappa shape index (κ3) is 5.49. The molecule has 2 atom stereocenters. The lowest BCUT2D eigenvalue weighted by atomic mass is 10.3. The number of phosphoric ester groups is 1. The Bertz CT molecular complexity index is 766. The van der Waals surface area contributed by atoms with Gasteiger partial charge in [0.1, 0.15) is 0 Å². The van der Waals surface area contributed by atoms with Crippen LogP contribution >= 0.6 is 31.3 Å². The molecule has 2 unspecified atom stereocenters. The fourth-order valence-electron chi connectivity index (χ4n) is 1.31. The molecule has 130 valence electrons. The van der Waals surface area contributed by atoms with Crippen molar-refractivity contribution in [2.45, 2.75) is 0 Å². The van der Waals surface area contributed by atoms with Gasteiger partial charge in [0.15, 0.2) is 11.5 Å². The number of rotatable bonds is 6. The zero-order valence-electron chi connectivity index (χ0n) is 10.6. The van der Waals surface area contributed by atoms with Crippen LogP contribution in [0.3, 0.4) is 0 Å². The molecule has 2 rings (SSSR count). The third-order valence-corrected chi connectivity index (χ3v) is 7.68. The van der Waals surface area contributed by atoms with Crippen LogP contribution in [0, 0.1) is 0 Å². The Morgan fingerprint density at radius 3 is 1.78 bits per heavy atom. The Morgan fingerprint density at radius 1 is 0.870 bits per heavy atom. The number of fused-ring (bicyclic) bond motifs is 1. The molecule has 0 bridgehead atoms. The van der Waals surface area contributed by atoms with Crippen LogP contribution in [-0.2, 0) is 31.2 Å². The van der Waals surface area contributed by atoms with E-state index < -0.39 is 31.3 Å². The predicted octanol–water partition coefficient (Wildman–Crippen LogP) is 1.91. The van der Waals surface area contributed by atoms with Crippen molar-refractivity contribution >= 4 is 31.3 Å². The van der Waals surface area contributed by atoms with Crippen molar-refractivity contribution in [1.82, 2.24) is 0 Å². The summed E-state index contributed by atoms with van der Waals surface area (Å²) in [5, 5.41) is 0. The Morgan fingerprint density at radius 2 is 1.35 bits per heavy atom. The van der Waals surface area contributed by atoms with Gasteiger partial charge < -0.3 is 28.6 Å². The molecule has 0 amide bonds. The van der Waals surface area contributed by atoms with E-state index in [1.807, 2.05) is 0 Å². The molecule has 1 aromatic carbocycles. The van der Waals surface area contributed by atoms with Crippen LogP contribution in [0.2, 0.25) is 0 Å². The summed E-state index contributed by atoms with van der Waals surface area (Å²) in [5.41, 5.74) is 0. The number of para-hydroxylation sites is 2. The average Bonchev–Trinajstić information content (AvgIpc) is 2.57. The Hall–Kier alpha value is -0.540. The lowest BCUT2D eigenvalue weighted by molar-refractivity contribution is 0.200. The summed E-state index contributed by atoms with van der Waals surface area (Å²) in [7, 11) is -21.6. The molecule has 0 saturated heterocycles. The molecule has 1 aromatic rings. The summed E-state index contributed by atoms with van der Waals surface area (Å²) in [6.07, 6.45) is 0. The normalized spacial score (nSPS) is 21.4. The van der Waals surface area contributed by atoms with Crippen molar-refractivity contribution in [2.75, 3.05) is 0 Å². The summed E-state index contributed by atoms with van der Waals surface area (Å²) in [4.78, 5) is 34.9. The molecule has 0 spiro atoms. The van der Waals surface area contributed by atoms with Gasteiger partial charge in [0.2, 0.25) is 0 Å². The maximum absolute atomic E-state index is 12.0. The largest absolute Gasteiger partial charge is 0.596 e. The van der Waals surface area contributed by atoms with E-state index in [1.54, 1.807) is 0 Å². The van der Waals surface area contributed by atoms with Gasteiger partial charge in [0.25, 0.3) is 0 Å². The van der Waals surface area contributed by atoms with Crippen molar-refractivity contribution in [3.63, 3.8) is 0 Å². The lowest BCUT2D eigenvalue weighted by Crippen LogP contribution is -1.99. The molecular formula is C6H8O13P4. The van der Waals surface area contributed by atoms with E-state index in [0.29, 0.717) is 0 Å². The first-order chi connectivity index (χ1) is 10.3. The van der Waals surface area contributed by atoms with Crippen LogP contribution in [0.15, 0.2) is 24.3 Å². The van der Waals surface area contributed by atoms with Crippen LogP contribution in [0.1, 0.15) is 0 Å². The van der Waals surface area contributed by atoms with Gasteiger partial charge in [-0.3, -0.25) is 0 Å². The number of hydrogen-bond acceptors (Lipinski definition) is 9. The van der Waals surface area contributed by atoms with Crippen molar-refractivity contribution in [1.29, 1.82) is 0 Å². The Labute approximate surface area is 127 Å². The summed E-state index contributed by atoms with van der Waals surface area (Å²) in [5.74, 6) is -0.205. The maximum atomic E-state index is 12.0. The topological polar surface area (TPSA) is 195 Å². The molecule has 0 aromatic heterocycles. The zero-order valence-corrected chi connectivity index (χ0v) is 14.1. The van der Waals surface area contributed by atoms with Crippen LogP contribution < -0.4 is 9.05 Å². The highest BCUT2D eigenvalue weighted by Crippen LogP contribution is 2.73. The Kier molecular flexibility index (Phi) is 4.96. The number of hydrogen-bond donors (Lipinski definition) is 4. The second-order valence-corrected chi connectivity index (χ2v) is 9.82. The van der Waals surface area contributed by atoms with Crippen LogP contribution in [0.4, 0.5) is 0 Å². The number of phosphoric acid groups is 4. The standard InChI is InChI=1S/C6H8O13P4/c7-20(8,9)17-21(10,11)18-22(12,13)19-23(14)15-5-3-1-2-4-6(5)16-23/h1-4H,(H,10,11)(H,12,13)(H2,7,8,9). The van der Waals surface area contributed by atoms with Gasteiger partial charge in [0.05, 0.1) is 0 Å².